The molecule has 0 bridgehead atoms. The first-order chi connectivity index (χ1) is 9.61. The normalized spacial score (nSPS) is 26.6. The third kappa shape index (κ3) is 1.99. The molecule has 7 heteroatoms. The number of hydrogen-bond acceptors (Lipinski definition) is 5. The van der Waals surface area contributed by atoms with E-state index in [9.17, 15) is 9.90 Å². The summed E-state index contributed by atoms with van der Waals surface area (Å²) in [7, 11) is 0. The number of fused-ring (bicyclic) bond motifs is 1. The van der Waals surface area contributed by atoms with Crippen molar-refractivity contribution in [3.8, 4) is 0 Å². The fourth-order valence-corrected chi connectivity index (χ4v) is 2.85. The van der Waals surface area contributed by atoms with Gasteiger partial charge in [0.05, 0.1) is 5.41 Å². The summed E-state index contributed by atoms with van der Waals surface area (Å²) >= 11 is 0. The summed E-state index contributed by atoms with van der Waals surface area (Å²) in [6.45, 7) is 1.80. The van der Waals surface area contributed by atoms with Gasteiger partial charge in [-0.05, 0) is 19.8 Å². The number of carboxylic acid groups (broad SMARTS) is 1. The SMILES string of the molecule is CC1(C(=O)O)CCCCC1Nc1nccn2cnnc12. The zero-order chi connectivity index (χ0) is 14.2. The van der Waals surface area contributed by atoms with Gasteiger partial charge in [0.25, 0.3) is 0 Å². The molecule has 106 valence electrons. The standard InChI is InChI=1S/C13H17N5O2/c1-13(12(19)20)5-3-2-4-9(13)16-10-11-17-15-8-18(11)7-6-14-10/h6-9H,2-5H2,1H3,(H,14,16)(H,19,20). The lowest BCUT2D eigenvalue weighted by atomic mass is 9.71. The Morgan fingerprint density at radius 2 is 2.40 bits per heavy atom. The van der Waals surface area contributed by atoms with Gasteiger partial charge in [0.1, 0.15) is 6.33 Å². The van der Waals surface area contributed by atoms with Crippen LogP contribution in [0.1, 0.15) is 32.6 Å². The minimum Gasteiger partial charge on any atom is -0.481 e. The molecule has 2 N–H and O–H groups in total. The van der Waals surface area contributed by atoms with Gasteiger partial charge in [0, 0.05) is 18.4 Å². The topological polar surface area (TPSA) is 92.4 Å². The lowest BCUT2D eigenvalue weighted by Crippen LogP contribution is -2.46. The average Bonchev–Trinajstić information content (AvgIpc) is 2.90. The second-order valence-corrected chi connectivity index (χ2v) is 5.50. The maximum atomic E-state index is 11.6. The first-order valence-electron chi connectivity index (χ1n) is 6.75. The van der Waals surface area contributed by atoms with E-state index in [1.807, 2.05) is 0 Å². The first-order valence-corrected chi connectivity index (χ1v) is 6.75. The molecule has 20 heavy (non-hydrogen) atoms. The van der Waals surface area contributed by atoms with E-state index in [4.69, 9.17) is 0 Å². The monoisotopic (exact) mass is 275 g/mol. The number of nitrogens with zero attached hydrogens (tertiary/aromatic N) is 4. The number of anilines is 1. The zero-order valence-corrected chi connectivity index (χ0v) is 11.3. The number of rotatable bonds is 3. The summed E-state index contributed by atoms with van der Waals surface area (Å²) in [5.74, 6) is -0.174. The van der Waals surface area contributed by atoms with E-state index < -0.39 is 11.4 Å². The Hall–Kier alpha value is -2.18. The van der Waals surface area contributed by atoms with E-state index >= 15 is 0 Å². The largest absolute Gasteiger partial charge is 0.481 e. The Morgan fingerprint density at radius 3 is 3.20 bits per heavy atom. The summed E-state index contributed by atoms with van der Waals surface area (Å²) in [4.78, 5) is 15.9. The molecule has 7 nitrogen and oxygen atoms in total. The van der Waals surface area contributed by atoms with Gasteiger partial charge in [-0.15, -0.1) is 10.2 Å². The van der Waals surface area contributed by atoms with Gasteiger partial charge in [0.15, 0.2) is 5.82 Å². The molecule has 2 atom stereocenters. The number of aromatic nitrogens is 4. The zero-order valence-electron chi connectivity index (χ0n) is 11.3. The Kier molecular flexibility index (Phi) is 3.04. The van der Waals surface area contributed by atoms with Crippen molar-refractivity contribution in [3.05, 3.63) is 18.7 Å². The highest BCUT2D eigenvalue weighted by Gasteiger charge is 2.43. The van der Waals surface area contributed by atoms with Gasteiger partial charge in [-0.1, -0.05) is 12.8 Å². The molecule has 2 heterocycles. The summed E-state index contributed by atoms with van der Waals surface area (Å²) in [5.41, 5.74) is -0.155. The summed E-state index contributed by atoms with van der Waals surface area (Å²) < 4.78 is 1.76. The molecule has 1 aliphatic carbocycles. The van der Waals surface area contributed by atoms with E-state index in [0.29, 0.717) is 17.9 Å². The average molecular weight is 275 g/mol. The molecule has 3 rings (SSSR count). The van der Waals surface area contributed by atoms with E-state index in [-0.39, 0.29) is 6.04 Å². The van der Waals surface area contributed by atoms with E-state index in [1.54, 1.807) is 30.0 Å². The Bertz CT molecular complexity index is 640. The number of carboxylic acids is 1. The van der Waals surface area contributed by atoms with E-state index in [2.05, 4.69) is 20.5 Å². The van der Waals surface area contributed by atoms with Crippen molar-refractivity contribution in [2.45, 2.75) is 38.6 Å². The smallest absolute Gasteiger partial charge is 0.311 e. The fourth-order valence-electron chi connectivity index (χ4n) is 2.85. The molecule has 2 aromatic heterocycles. The summed E-state index contributed by atoms with van der Waals surface area (Å²) in [6, 6.07) is -0.149. The number of nitrogens with one attached hydrogen (secondary N) is 1. The maximum absolute atomic E-state index is 11.6. The molecule has 0 aromatic carbocycles. The van der Waals surface area contributed by atoms with Gasteiger partial charge < -0.3 is 10.4 Å². The molecule has 1 fully saturated rings. The van der Waals surface area contributed by atoms with Gasteiger partial charge in [0.2, 0.25) is 5.65 Å². The molecule has 0 spiro atoms. The molecule has 0 saturated heterocycles. The van der Waals surface area contributed by atoms with Gasteiger partial charge >= 0.3 is 5.97 Å². The van der Waals surface area contributed by atoms with Crippen molar-refractivity contribution in [1.29, 1.82) is 0 Å². The van der Waals surface area contributed by atoms with Crippen molar-refractivity contribution in [3.63, 3.8) is 0 Å². The number of aliphatic carboxylic acids is 1. The van der Waals surface area contributed by atoms with Crippen LogP contribution in [0.15, 0.2) is 18.7 Å². The Morgan fingerprint density at radius 1 is 1.55 bits per heavy atom. The molecular formula is C13H17N5O2. The van der Waals surface area contributed by atoms with Crippen LogP contribution in [0.5, 0.6) is 0 Å². The van der Waals surface area contributed by atoms with Crippen molar-refractivity contribution < 1.29 is 9.90 Å². The van der Waals surface area contributed by atoms with Crippen molar-refractivity contribution in [2.75, 3.05) is 5.32 Å². The van der Waals surface area contributed by atoms with Crippen molar-refractivity contribution in [1.82, 2.24) is 19.6 Å². The molecule has 2 aromatic rings. The van der Waals surface area contributed by atoms with Crippen LogP contribution < -0.4 is 5.32 Å². The number of carbonyl (C=O) groups is 1. The highest BCUT2D eigenvalue weighted by molar-refractivity contribution is 5.76. The minimum atomic E-state index is -0.771. The van der Waals surface area contributed by atoms with E-state index in [1.165, 1.54) is 0 Å². The lowest BCUT2D eigenvalue weighted by molar-refractivity contribution is -0.150. The summed E-state index contributed by atoms with van der Waals surface area (Å²) in [6.07, 6.45) is 8.48. The van der Waals surface area contributed by atoms with Crippen LogP contribution in [0, 0.1) is 5.41 Å². The molecule has 0 amide bonds. The van der Waals surface area contributed by atoms with Crippen LogP contribution >= 0.6 is 0 Å². The molecule has 2 unspecified atom stereocenters. The third-order valence-corrected chi connectivity index (χ3v) is 4.22. The molecule has 1 aliphatic rings. The van der Waals surface area contributed by atoms with Crippen molar-refractivity contribution >= 4 is 17.4 Å². The second kappa shape index (κ2) is 4.73. The summed E-state index contributed by atoms with van der Waals surface area (Å²) in [5, 5.41) is 20.7. The van der Waals surface area contributed by atoms with Gasteiger partial charge in [-0.25, -0.2) is 4.98 Å². The quantitative estimate of drug-likeness (QED) is 0.883. The van der Waals surface area contributed by atoms with Crippen LogP contribution in [-0.2, 0) is 4.79 Å². The highest BCUT2D eigenvalue weighted by atomic mass is 16.4. The number of hydrogen-bond donors (Lipinski definition) is 2. The van der Waals surface area contributed by atoms with Gasteiger partial charge in [-0.3, -0.25) is 9.20 Å². The third-order valence-electron chi connectivity index (χ3n) is 4.22. The fraction of sp³-hybridized carbons (Fsp3) is 0.538. The predicted molar refractivity (Wildman–Crippen MR) is 72.4 cm³/mol. The van der Waals surface area contributed by atoms with E-state index in [0.717, 1.165) is 19.3 Å². The van der Waals surface area contributed by atoms with Crippen LogP contribution in [0.3, 0.4) is 0 Å². The predicted octanol–water partition coefficient (Wildman–Crippen LogP) is 1.57. The van der Waals surface area contributed by atoms with Gasteiger partial charge in [-0.2, -0.15) is 0 Å². The van der Waals surface area contributed by atoms with Crippen molar-refractivity contribution in [2.24, 2.45) is 5.41 Å². The van der Waals surface area contributed by atoms with Crippen LogP contribution in [-0.4, -0.2) is 36.7 Å². The molecule has 1 saturated carbocycles. The first kappa shape index (κ1) is 12.8. The van der Waals surface area contributed by atoms with Crippen LogP contribution in [0.4, 0.5) is 5.82 Å². The minimum absolute atomic E-state index is 0.149. The Labute approximate surface area is 116 Å². The highest BCUT2D eigenvalue weighted by Crippen LogP contribution is 2.38. The second-order valence-electron chi connectivity index (χ2n) is 5.50. The molecule has 0 radical (unpaired) electrons. The lowest BCUT2D eigenvalue weighted by Gasteiger charge is -2.38. The molecular weight excluding hydrogens is 258 g/mol. The molecule has 0 aliphatic heterocycles. The maximum Gasteiger partial charge on any atom is 0.311 e. The Balaban J connectivity index is 1.93. The van der Waals surface area contributed by atoms with Crippen LogP contribution in [0.2, 0.25) is 0 Å². The van der Waals surface area contributed by atoms with Crippen LogP contribution in [0.25, 0.3) is 5.65 Å².